The number of amides is 1. The number of aryl methyl sites for hydroxylation is 1. The number of ether oxygens (including phenoxy) is 1. The molecule has 186 valence electrons. The van der Waals surface area contributed by atoms with Gasteiger partial charge < -0.3 is 15.0 Å². The zero-order valence-electron chi connectivity index (χ0n) is 20.4. The summed E-state index contributed by atoms with van der Waals surface area (Å²) < 4.78 is 6.66. The first-order valence-electron chi connectivity index (χ1n) is 11.9. The van der Waals surface area contributed by atoms with Gasteiger partial charge in [0, 0.05) is 47.2 Å². The van der Waals surface area contributed by atoms with E-state index in [1.54, 1.807) is 29.2 Å². The van der Waals surface area contributed by atoms with E-state index in [0.717, 1.165) is 61.9 Å². The molecular formula is C27H24N6O2S2. The highest BCUT2D eigenvalue weighted by Gasteiger charge is 2.23. The van der Waals surface area contributed by atoms with Crippen LogP contribution in [0.5, 0.6) is 0 Å². The topological polar surface area (TPSA) is 93.1 Å². The Morgan fingerprint density at radius 2 is 1.95 bits per heavy atom. The van der Waals surface area contributed by atoms with Crippen molar-refractivity contribution >= 4 is 50.3 Å². The molecule has 0 saturated carbocycles. The van der Waals surface area contributed by atoms with Crippen LogP contribution in [-0.2, 0) is 4.74 Å². The number of carbonyl (C=O) groups excluding carboxylic acids is 1. The Hall–Kier alpha value is -3.73. The number of thiophene rings is 1. The molecule has 10 heteroatoms. The van der Waals surface area contributed by atoms with Crippen LogP contribution in [0.25, 0.3) is 32.0 Å². The van der Waals surface area contributed by atoms with Crippen LogP contribution in [0.15, 0.2) is 54.4 Å². The largest absolute Gasteiger partial charge is 0.378 e. The van der Waals surface area contributed by atoms with Gasteiger partial charge in [-0.15, -0.1) is 22.7 Å². The number of anilines is 2. The number of thiazole rings is 1. The monoisotopic (exact) mass is 528 g/mol. The molecule has 1 aromatic carbocycles. The van der Waals surface area contributed by atoms with Gasteiger partial charge in [0.1, 0.15) is 4.88 Å². The molecule has 0 bridgehead atoms. The molecule has 37 heavy (non-hydrogen) atoms. The van der Waals surface area contributed by atoms with Crippen molar-refractivity contribution in [2.75, 3.05) is 36.5 Å². The molecule has 1 amide bonds. The van der Waals surface area contributed by atoms with Crippen LogP contribution in [0.3, 0.4) is 0 Å². The Bertz CT molecular complexity index is 1580. The molecule has 0 spiro atoms. The third-order valence-corrected chi connectivity index (χ3v) is 8.35. The van der Waals surface area contributed by atoms with E-state index in [2.05, 4.69) is 32.3 Å². The average Bonchev–Trinajstić information content (AvgIpc) is 3.62. The van der Waals surface area contributed by atoms with Crippen LogP contribution in [0, 0.1) is 13.8 Å². The van der Waals surface area contributed by atoms with E-state index in [4.69, 9.17) is 14.7 Å². The fourth-order valence-corrected chi connectivity index (χ4v) is 6.12. The number of nitrogens with one attached hydrogen (secondary N) is 1. The second-order valence-electron chi connectivity index (χ2n) is 8.79. The van der Waals surface area contributed by atoms with Gasteiger partial charge >= 0.3 is 0 Å². The van der Waals surface area contributed by atoms with Gasteiger partial charge in [-0.05, 0) is 43.2 Å². The first kappa shape index (κ1) is 23.7. The Labute approximate surface area is 222 Å². The number of benzene rings is 1. The summed E-state index contributed by atoms with van der Waals surface area (Å²) in [5.74, 6) is 1.39. The first-order valence-corrected chi connectivity index (χ1v) is 13.6. The lowest BCUT2D eigenvalue weighted by Crippen LogP contribution is -2.36. The fraction of sp³-hybridized carbons (Fsp3) is 0.222. The van der Waals surface area contributed by atoms with Crippen LogP contribution in [0.4, 0.5) is 11.5 Å². The third kappa shape index (κ3) is 4.59. The molecule has 1 aliphatic rings. The van der Waals surface area contributed by atoms with Crippen LogP contribution in [-0.4, -0.2) is 52.1 Å². The predicted molar refractivity (Wildman–Crippen MR) is 149 cm³/mol. The van der Waals surface area contributed by atoms with Crippen LogP contribution in [0.1, 0.15) is 20.8 Å². The van der Waals surface area contributed by atoms with Gasteiger partial charge in [0.15, 0.2) is 11.6 Å². The van der Waals surface area contributed by atoms with E-state index in [1.807, 2.05) is 38.2 Å². The van der Waals surface area contributed by atoms with Gasteiger partial charge in [-0.2, -0.15) is 0 Å². The lowest BCUT2D eigenvalue weighted by atomic mass is 10.00. The Morgan fingerprint density at radius 1 is 1.08 bits per heavy atom. The van der Waals surface area contributed by atoms with Crippen molar-refractivity contribution < 1.29 is 9.53 Å². The molecule has 5 aromatic rings. The minimum absolute atomic E-state index is 0.176. The average molecular weight is 529 g/mol. The molecule has 1 aliphatic heterocycles. The van der Waals surface area contributed by atoms with Crippen LogP contribution in [0.2, 0.25) is 0 Å². The van der Waals surface area contributed by atoms with Crippen molar-refractivity contribution in [1.29, 1.82) is 0 Å². The summed E-state index contributed by atoms with van der Waals surface area (Å²) >= 11 is 3.00. The van der Waals surface area contributed by atoms with Gasteiger partial charge in [-0.3, -0.25) is 14.8 Å². The summed E-state index contributed by atoms with van der Waals surface area (Å²) in [6, 6.07) is 10.1. The molecule has 1 fully saturated rings. The zero-order valence-corrected chi connectivity index (χ0v) is 22.0. The van der Waals surface area contributed by atoms with Crippen molar-refractivity contribution in [3.05, 3.63) is 70.4 Å². The smallest absolute Gasteiger partial charge is 0.267 e. The third-order valence-electron chi connectivity index (χ3n) is 6.41. The van der Waals surface area contributed by atoms with Gasteiger partial charge in [0.2, 0.25) is 0 Å². The summed E-state index contributed by atoms with van der Waals surface area (Å²) in [4.78, 5) is 35.2. The number of fused-ring (bicyclic) bond motifs is 1. The molecule has 0 atom stereocenters. The molecule has 6 rings (SSSR count). The maximum Gasteiger partial charge on any atom is 0.267 e. The minimum atomic E-state index is -0.176. The van der Waals surface area contributed by atoms with Crippen molar-refractivity contribution in [2.24, 2.45) is 0 Å². The Kier molecular flexibility index (Phi) is 6.37. The number of pyridine rings is 1. The van der Waals surface area contributed by atoms with E-state index in [9.17, 15) is 4.79 Å². The molecule has 4 aromatic heterocycles. The summed E-state index contributed by atoms with van der Waals surface area (Å²) in [6.07, 6.45) is 5.23. The number of morpholine rings is 1. The highest BCUT2D eigenvalue weighted by molar-refractivity contribution is 7.22. The number of hydrogen-bond acceptors (Lipinski definition) is 9. The number of hydrogen-bond donors (Lipinski definition) is 1. The quantitative estimate of drug-likeness (QED) is 0.318. The second-order valence-corrected chi connectivity index (χ2v) is 10.7. The van der Waals surface area contributed by atoms with E-state index < -0.39 is 0 Å². The van der Waals surface area contributed by atoms with E-state index in [0.29, 0.717) is 23.9 Å². The Morgan fingerprint density at radius 3 is 2.70 bits per heavy atom. The van der Waals surface area contributed by atoms with Crippen molar-refractivity contribution in [1.82, 2.24) is 19.9 Å². The fourth-order valence-electron chi connectivity index (χ4n) is 4.51. The van der Waals surface area contributed by atoms with Gasteiger partial charge in [-0.1, -0.05) is 12.1 Å². The maximum absolute atomic E-state index is 12.7. The molecule has 0 radical (unpaired) electrons. The summed E-state index contributed by atoms with van der Waals surface area (Å²) in [5.41, 5.74) is 7.23. The van der Waals surface area contributed by atoms with Gasteiger partial charge in [0.05, 0.1) is 35.1 Å². The highest BCUT2D eigenvalue weighted by Crippen LogP contribution is 2.40. The SMILES string of the molecule is Cc1ccc(NC(=O)c2cncs2)c(C)c1-c1nc(N2CCOCC2)c2sc(-c3cccnc3)cc2n1. The molecule has 1 N–H and O–H groups in total. The standard InChI is InChI=1S/C27H24N6O2S2/c1-16-5-6-19(31-27(34)22-14-29-15-36-22)17(2)23(16)25-30-20-12-21(18-4-3-7-28-13-18)37-24(20)26(32-25)33-8-10-35-11-9-33/h3-7,12-15H,8-11H2,1-2H3,(H,31,34). The number of nitrogens with zero attached hydrogens (tertiary/aromatic N) is 5. The molecular weight excluding hydrogens is 504 g/mol. The first-order chi connectivity index (χ1) is 18.1. The molecule has 0 unspecified atom stereocenters. The number of aromatic nitrogens is 4. The molecule has 8 nitrogen and oxygen atoms in total. The van der Waals surface area contributed by atoms with Gasteiger partial charge in [0.25, 0.3) is 5.91 Å². The second kappa shape index (κ2) is 9.97. The predicted octanol–water partition coefficient (Wildman–Crippen LogP) is 5.58. The highest BCUT2D eigenvalue weighted by atomic mass is 32.1. The van der Waals surface area contributed by atoms with Gasteiger partial charge in [-0.25, -0.2) is 9.97 Å². The summed E-state index contributed by atoms with van der Waals surface area (Å²) in [7, 11) is 0. The molecule has 0 aliphatic carbocycles. The van der Waals surface area contributed by atoms with Crippen molar-refractivity contribution in [3.63, 3.8) is 0 Å². The van der Waals surface area contributed by atoms with E-state index in [1.165, 1.54) is 11.3 Å². The van der Waals surface area contributed by atoms with E-state index >= 15 is 0 Å². The zero-order chi connectivity index (χ0) is 25.4. The van der Waals surface area contributed by atoms with E-state index in [-0.39, 0.29) is 5.91 Å². The maximum atomic E-state index is 12.7. The summed E-state index contributed by atoms with van der Waals surface area (Å²) in [5, 5.41) is 3.03. The van der Waals surface area contributed by atoms with Crippen molar-refractivity contribution in [2.45, 2.75) is 13.8 Å². The Balaban J connectivity index is 1.48. The normalized spacial score (nSPS) is 13.7. The van der Waals surface area contributed by atoms with Crippen LogP contribution < -0.4 is 10.2 Å². The molecule has 1 saturated heterocycles. The minimum Gasteiger partial charge on any atom is -0.378 e. The lowest BCUT2D eigenvalue weighted by Gasteiger charge is -2.28. The van der Waals surface area contributed by atoms with Crippen LogP contribution >= 0.6 is 22.7 Å². The van der Waals surface area contributed by atoms with Crippen molar-refractivity contribution in [3.8, 4) is 21.8 Å². The number of carbonyl (C=O) groups is 1. The lowest BCUT2D eigenvalue weighted by molar-refractivity contribution is 0.103. The summed E-state index contributed by atoms with van der Waals surface area (Å²) in [6.45, 7) is 6.93. The molecule has 5 heterocycles. The number of rotatable bonds is 5.